The van der Waals surface area contributed by atoms with Gasteiger partial charge in [0.1, 0.15) is 0 Å². The molecule has 0 nitrogen and oxygen atoms in total. The molecule has 4 atom stereocenters. The summed E-state index contributed by atoms with van der Waals surface area (Å²) in [6, 6.07) is 0. The fourth-order valence-electron chi connectivity index (χ4n) is 9.32. The van der Waals surface area contributed by atoms with Crippen molar-refractivity contribution < 1.29 is 0 Å². The highest BCUT2D eigenvalue weighted by molar-refractivity contribution is 4.97. The molecule has 2 fully saturated rings. The normalized spacial score (nSPS) is 33.5. The summed E-state index contributed by atoms with van der Waals surface area (Å²) in [4.78, 5) is 0. The topological polar surface area (TPSA) is 0 Å². The van der Waals surface area contributed by atoms with Crippen molar-refractivity contribution in [1.29, 1.82) is 0 Å². The number of hydrogen-bond acceptors (Lipinski definition) is 0. The molecular formula is C36H72. The third-order valence-electron chi connectivity index (χ3n) is 9.25. The van der Waals surface area contributed by atoms with Gasteiger partial charge >= 0.3 is 0 Å². The minimum absolute atomic E-state index is 0.449. The van der Waals surface area contributed by atoms with Crippen molar-refractivity contribution in [3.05, 3.63) is 0 Å². The lowest BCUT2D eigenvalue weighted by atomic mass is 9.53. The molecule has 0 heterocycles. The van der Waals surface area contributed by atoms with Crippen LogP contribution in [0.4, 0.5) is 0 Å². The van der Waals surface area contributed by atoms with Crippen LogP contribution in [0.5, 0.6) is 0 Å². The summed E-state index contributed by atoms with van der Waals surface area (Å²) in [5.74, 6) is 1.74. The van der Waals surface area contributed by atoms with Crippen LogP contribution in [0.1, 0.15) is 176 Å². The van der Waals surface area contributed by atoms with Gasteiger partial charge in [0.2, 0.25) is 0 Å². The lowest BCUT2D eigenvalue weighted by Crippen LogP contribution is -2.41. The predicted molar refractivity (Wildman–Crippen MR) is 166 cm³/mol. The second-order valence-electron chi connectivity index (χ2n) is 20.7. The standard InChI is InChI=1S/2C18H36/c2*1-15(2,3)12-18(9)11-14(16(4,5)6)10-17(7,8)13-18/h2*14H,10-13H2,1-9H3. The monoisotopic (exact) mass is 505 g/mol. The van der Waals surface area contributed by atoms with Crippen molar-refractivity contribution in [3.8, 4) is 0 Å². The van der Waals surface area contributed by atoms with E-state index in [1.54, 1.807) is 0 Å². The average Bonchev–Trinajstić information content (AvgIpc) is 2.44. The lowest BCUT2D eigenvalue weighted by Gasteiger charge is -2.52. The van der Waals surface area contributed by atoms with Gasteiger partial charge in [-0.15, -0.1) is 0 Å². The molecule has 2 saturated carbocycles. The minimum atomic E-state index is 0.449. The molecule has 0 aliphatic heterocycles. The molecule has 0 aromatic rings. The lowest BCUT2D eigenvalue weighted by molar-refractivity contribution is -0.0148. The second-order valence-corrected chi connectivity index (χ2v) is 20.7. The Hall–Kier alpha value is 0. The van der Waals surface area contributed by atoms with E-state index in [1.807, 2.05) is 0 Å². The molecule has 2 aliphatic rings. The Morgan fingerprint density at radius 2 is 0.694 bits per heavy atom. The van der Waals surface area contributed by atoms with Gasteiger partial charge in [-0.2, -0.15) is 0 Å². The Labute approximate surface area is 231 Å². The molecule has 0 spiro atoms. The van der Waals surface area contributed by atoms with Gasteiger partial charge in [0.15, 0.2) is 0 Å². The molecule has 0 amide bonds. The van der Waals surface area contributed by atoms with Crippen LogP contribution in [0, 0.1) is 55.2 Å². The van der Waals surface area contributed by atoms with Gasteiger partial charge in [-0.3, -0.25) is 0 Å². The zero-order valence-electron chi connectivity index (χ0n) is 28.8. The summed E-state index contributed by atoms with van der Waals surface area (Å²) in [6.07, 6.45) is 11.1. The Bertz CT molecular complexity index is 622. The summed E-state index contributed by atoms with van der Waals surface area (Å²) < 4.78 is 0. The minimum Gasteiger partial charge on any atom is -0.0602 e. The van der Waals surface area contributed by atoms with Crippen LogP contribution >= 0.6 is 0 Å². The smallest absolute Gasteiger partial charge is 0.0313 e. The summed E-state index contributed by atoms with van der Waals surface area (Å²) >= 11 is 0. The van der Waals surface area contributed by atoms with Crippen molar-refractivity contribution >= 4 is 0 Å². The van der Waals surface area contributed by atoms with Crippen molar-refractivity contribution in [1.82, 2.24) is 0 Å². The quantitative estimate of drug-likeness (QED) is 0.350. The van der Waals surface area contributed by atoms with E-state index in [1.165, 1.54) is 51.4 Å². The molecule has 0 aromatic carbocycles. The SMILES string of the molecule is CC(C)(C)CC1(C)CC(C(C)(C)C)CC(C)(C)C1.CC(C)(C)CC1(C)CC(C(C)(C)C)CC(C)(C)C1. The van der Waals surface area contributed by atoms with Crippen molar-refractivity contribution in [3.63, 3.8) is 0 Å². The van der Waals surface area contributed by atoms with Crippen LogP contribution in [0.15, 0.2) is 0 Å². The van der Waals surface area contributed by atoms with Gasteiger partial charge in [0.25, 0.3) is 0 Å². The maximum atomic E-state index is 2.54. The van der Waals surface area contributed by atoms with E-state index in [-0.39, 0.29) is 0 Å². The first-order chi connectivity index (χ1) is 15.5. The third kappa shape index (κ3) is 11.8. The molecule has 0 N–H and O–H groups in total. The molecular weight excluding hydrogens is 432 g/mol. The first-order valence-electron chi connectivity index (χ1n) is 15.5. The first kappa shape index (κ1) is 34.0. The van der Waals surface area contributed by atoms with Gasteiger partial charge in [-0.1, -0.05) is 125 Å². The first-order valence-corrected chi connectivity index (χ1v) is 15.5. The van der Waals surface area contributed by atoms with Crippen LogP contribution in [-0.2, 0) is 0 Å². The molecule has 2 rings (SSSR count). The molecule has 0 heteroatoms. The van der Waals surface area contributed by atoms with Gasteiger partial charge in [-0.25, -0.2) is 0 Å². The van der Waals surface area contributed by atoms with Crippen LogP contribution in [-0.4, -0.2) is 0 Å². The average molecular weight is 505 g/mol. The van der Waals surface area contributed by atoms with Gasteiger partial charge < -0.3 is 0 Å². The Kier molecular flexibility index (Phi) is 9.95. The fourth-order valence-corrected chi connectivity index (χ4v) is 9.32. The van der Waals surface area contributed by atoms with E-state index in [2.05, 4.69) is 125 Å². The highest BCUT2D eigenvalue weighted by Gasteiger charge is 2.47. The highest BCUT2D eigenvalue weighted by atomic mass is 14.5. The zero-order valence-corrected chi connectivity index (χ0v) is 28.8. The maximum Gasteiger partial charge on any atom is -0.0313 e. The van der Waals surface area contributed by atoms with E-state index >= 15 is 0 Å². The predicted octanol–water partition coefficient (Wildman–Crippen LogP) is 12.6. The summed E-state index contributed by atoms with van der Waals surface area (Å²) in [5, 5.41) is 0. The molecule has 2 aliphatic carbocycles. The summed E-state index contributed by atoms with van der Waals surface area (Å²) in [5.41, 5.74) is 3.88. The van der Waals surface area contributed by atoms with Crippen molar-refractivity contribution in [2.75, 3.05) is 0 Å². The van der Waals surface area contributed by atoms with Gasteiger partial charge in [0, 0.05) is 0 Å². The summed E-state index contributed by atoms with van der Waals surface area (Å²) in [7, 11) is 0. The van der Waals surface area contributed by atoms with Crippen LogP contribution in [0.2, 0.25) is 0 Å². The molecule has 0 aromatic heterocycles. The van der Waals surface area contributed by atoms with Crippen LogP contribution in [0.3, 0.4) is 0 Å². The van der Waals surface area contributed by atoms with Crippen molar-refractivity contribution in [2.24, 2.45) is 55.2 Å². The fraction of sp³-hybridized carbons (Fsp3) is 1.00. The number of rotatable bonds is 2. The Morgan fingerprint density at radius 3 is 0.889 bits per heavy atom. The molecule has 0 saturated heterocycles. The zero-order chi connectivity index (χ0) is 28.8. The van der Waals surface area contributed by atoms with Gasteiger partial charge in [0.05, 0.1) is 0 Å². The molecule has 0 bridgehead atoms. The highest BCUT2D eigenvalue weighted by Crippen LogP contribution is 2.57. The molecule has 0 radical (unpaired) electrons. The second kappa shape index (κ2) is 10.5. The molecule has 4 unspecified atom stereocenters. The summed E-state index contributed by atoms with van der Waals surface area (Å²) in [6.45, 7) is 43.9. The van der Waals surface area contributed by atoms with E-state index in [4.69, 9.17) is 0 Å². The van der Waals surface area contributed by atoms with E-state index in [0.29, 0.717) is 43.3 Å². The van der Waals surface area contributed by atoms with Gasteiger partial charge in [-0.05, 0) is 107 Å². The molecule has 216 valence electrons. The van der Waals surface area contributed by atoms with Crippen LogP contribution < -0.4 is 0 Å². The van der Waals surface area contributed by atoms with E-state index < -0.39 is 0 Å². The van der Waals surface area contributed by atoms with Crippen molar-refractivity contribution in [2.45, 2.75) is 176 Å². The number of hydrogen-bond donors (Lipinski definition) is 0. The maximum absolute atomic E-state index is 2.54. The van der Waals surface area contributed by atoms with E-state index in [0.717, 1.165) is 11.8 Å². The molecule has 36 heavy (non-hydrogen) atoms. The Balaban J connectivity index is 0.000000360. The largest absolute Gasteiger partial charge is 0.0602 e. The van der Waals surface area contributed by atoms with Crippen LogP contribution in [0.25, 0.3) is 0 Å². The Morgan fingerprint density at radius 1 is 0.444 bits per heavy atom. The van der Waals surface area contributed by atoms with E-state index in [9.17, 15) is 0 Å². The third-order valence-corrected chi connectivity index (χ3v) is 9.25.